The van der Waals surface area contributed by atoms with Crippen molar-refractivity contribution in [3.63, 3.8) is 0 Å². The molecule has 0 amide bonds. The molecule has 0 aliphatic rings. The van der Waals surface area contributed by atoms with Crippen LogP contribution in [0.5, 0.6) is 5.75 Å². The molecule has 1 atom stereocenters. The van der Waals surface area contributed by atoms with Gasteiger partial charge in [-0.1, -0.05) is 24.6 Å². The maximum absolute atomic E-state index is 11.2. The van der Waals surface area contributed by atoms with Gasteiger partial charge in [-0.3, -0.25) is 4.79 Å². The van der Waals surface area contributed by atoms with Crippen LogP contribution in [0.4, 0.5) is 0 Å². The van der Waals surface area contributed by atoms with Crippen LogP contribution in [0.2, 0.25) is 5.02 Å². The molecule has 0 aromatic heterocycles. The summed E-state index contributed by atoms with van der Waals surface area (Å²) in [4.78, 5) is 11.2. The predicted octanol–water partition coefficient (Wildman–Crippen LogP) is 3.26. The molecule has 5 heteroatoms. The molecule has 1 unspecified atom stereocenters. The summed E-state index contributed by atoms with van der Waals surface area (Å²) in [6.45, 7) is 2.45. The first-order valence-electron chi connectivity index (χ1n) is 5.67. The third-order valence-electron chi connectivity index (χ3n) is 2.26. The van der Waals surface area contributed by atoms with Gasteiger partial charge in [0.25, 0.3) is 0 Å². The Morgan fingerprint density at radius 1 is 1.50 bits per heavy atom. The maximum atomic E-state index is 11.2. The van der Waals surface area contributed by atoms with Crippen molar-refractivity contribution < 1.29 is 14.3 Å². The average Bonchev–Trinajstić information content (AvgIpc) is 2.37. The summed E-state index contributed by atoms with van der Waals surface area (Å²) in [6, 6.07) is 7.31. The molecule has 1 rings (SSSR count). The molecular weight excluding hydrogens is 272 g/mol. The monoisotopic (exact) mass is 288 g/mol. The van der Waals surface area contributed by atoms with E-state index in [1.165, 1.54) is 7.11 Å². The van der Waals surface area contributed by atoms with Crippen molar-refractivity contribution >= 4 is 29.3 Å². The molecule has 0 aliphatic heterocycles. The molecule has 0 saturated heterocycles. The maximum Gasteiger partial charge on any atom is 0.309 e. The lowest BCUT2D eigenvalue weighted by Gasteiger charge is -2.09. The first-order chi connectivity index (χ1) is 8.63. The number of hydrogen-bond acceptors (Lipinski definition) is 4. The molecule has 3 nitrogen and oxygen atoms in total. The van der Waals surface area contributed by atoms with Crippen molar-refractivity contribution in [3.05, 3.63) is 29.3 Å². The molecule has 0 aliphatic carbocycles. The fourth-order valence-electron chi connectivity index (χ4n) is 1.30. The first-order valence-corrected chi connectivity index (χ1v) is 7.20. The van der Waals surface area contributed by atoms with E-state index >= 15 is 0 Å². The summed E-state index contributed by atoms with van der Waals surface area (Å²) < 4.78 is 10.2. The van der Waals surface area contributed by atoms with Crippen molar-refractivity contribution in [3.8, 4) is 5.75 Å². The van der Waals surface area contributed by atoms with Gasteiger partial charge in [0.05, 0.1) is 19.6 Å². The van der Waals surface area contributed by atoms with Gasteiger partial charge >= 0.3 is 5.97 Å². The van der Waals surface area contributed by atoms with Gasteiger partial charge < -0.3 is 9.47 Å². The Kier molecular flexibility index (Phi) is 6.98. The number of methoxy groups -OCH3 is 1. The lowest BCUT2D eigenvalue weighted by molar-refractivity contribution is -0.143. The minimum absolute atomic E-state index is 0.0776. The summed E-state index contributed by atoms with van der Waals surface area (Å²) in [5.41, 5.74) is 0. The SMILES string of the molecule is COC(=O)C(C)CSCCOc1cccc(Cl)c1. The van der Waals surface area contributed by atoms with Crippen LogP contribution >= 0.6 is 23.4 Å². The Hall–Kier alpha value is -0.870. The van der Waals surface area contributed by atoms with Crippen molar-refractivity contribution in [1.82, 2.24) is 0 Å². The zero-order chi connectivity index (χ0) is 13.4. The first kappa shape index (κ1) is 15.2. The van der Waals surface area contributed by atoms with E-state index < -0.39 is 0 Å². The zero-order valence-electron chi connectivity index (χ0n) is 10.5. The molecule has 100 valence electrons. The van der Waals surface area contributed by atoms with E-state index in [9.17, 15) is 4.79 Å². The quantitative estimate of drug-likeness (QED) is 0.570. The normalized spacial score (nSPS) is 11.9. The molecule has 1 aromatic rings. The summed E-state index contributed by atoms with van der Waals surface area (Å²) >= 11 is 7.51. The third kappa shape index (κ3) is 5.65. The summed E-state index contributed by atoms with van der Waals surface area (Å²) in [5, 5.41) is 0.666. The second kappa shape index (κ2) is 8.27. The second-order valence-corrected chi connectivity index (χ2v) is 5.39. The number of carbonyl (C=O) groups excluding carboxylic acids is 1. The van der Waals surface area contributed by atoms with Crippen LogP contribution in [-0.2, 0) is 9.53 Å². The molecule has 1 aromatic carbocycles. The van der Waals surface area contributed by atoms with E-state index in [1.54, 1.807) is 23.9 Å². The van der Waals surface area contributed by atoms with Crippen LogP contribution < -0.4 is 4.74 Å². The van der Waals surface area contributed by atoms with E-state index in [1.807, 2.05) is 19.1 Å². The molecule has 0 N–H and O–H groups in total. The van der Waals surface area contributed by atoms with Gasteiger partial charge in [-0.15, -0.1) is 0 Å². The number of carbonyl (C=O) groups is 1. The predicted molar refractivity (Wildman–Crippen MR) is 75.5 cm³/mol. The van der Waals surface area contributed by atoms with E-state index in [4.69, 9.17) is 16.3 Å². The van der Waals surface area contributed by atoms with Crippen LogP contribution in [0, 0.1) is 5.92 Å². The Labute approximate surface area is 117 Å². The van der Waals surface area contributed by atoms with E-state index in [-0.39, 0.29) is 11.9 Å². The number of esters is 1. The molecule has 18 heavy (non-hydrogen) atoms. The van der Waals surface area contributed by atoms with Crippen LogP contribution in [0.25, 0.3) is 0 Å². The number of hydrogen-bond donors (Lipinski definition) is 0. The molecular formula is C13H17ClO3S. The summed E-state index contributed by atoms with van der Waals surface area (Å²) in [5.74, 6) is 2.09. The van der Waals surface area contributed by atoms with Crippen LogP contribution in [-0.4, -0.2) is 31.2 Å². The van der Waals surface area contributed by atoms with Gasteiger partial charge in [-0.2, -0.15) is 11.8 Å². The fourth-order valence-corrected chi connectivity index (χ4v) is 2.34. The Bertz CT molecular complexity index is 384. The standard InChI is InChI=1S/C13H17ClO3S/c1-10(13(15)16-2)9-18-7-6-17-12-5-3-4-11(14)8-12/h3-5,8,10H,6-7,9H2,1-2H3. The van der Waals surface area contributed by atoms with Crippen LogP contribution in [0.3, 0.4) is 0 Å². The number of thioether (sulfide) groups is 1. The highest BCUT2D eigenvalue weighted by Gasteiger charge is 2.12. The number of benzene rings is 1. The van der Waals surface area contributed by atoms with Crippen molar-refractivity contribution in [2.24, 2.45) is 5.92 Å². The van der Waals surface area contributed by atoms with Gasteiger partial charge in [0, 0.05) is 16.5 Å². The van der Waals surface area contributed by atoms with E-state index in [0.717, 1.165) is 17.3 Å². The molecule has 0 fully saturated rings. The minimum Gasteiger partial charge on any atom is -0.493 e. The van der Waals surface area contributed by atoms with Crippen molar-refractivity contribution in [2.75, 3.05) is 25.2 Å². The summed E-state index contributed by atoms with van der Waals surface area (Å²) in [7, 11) is 1.41. The molecule has 0 saturated carbocycles. The molecule has 0 radical (unpaired) electrons. The lowest BCUT2D eigenvalue weighted by atomic mass is 10.2. The topological polar surface area (TPSA) is 35.5 Å². The van der Waals surface area contributed by atoms with Gasteiger partial charge in [-0.05, 0) is 18.2 Å². The number of halogens is 1. The third-order valence-corrected chi connectivity index (χ3v) is 3.69. The fraction of sp³-hybridized carbons (Fsp3) is 0.462. The van der Waals surface area contributed by atoms with Gasteiger partial charge in [0.2, 0.25) is 0 Å². The van der Waals surface area contributed by atoms with Gasteiger partial charge in [0.1, 0.15) is 5.75 Å². The minimum atomic E-state index is -0.168. The van der Waals surface area contributed by atoms with Crippen LogP contribution in [0.15, 0.2) is 24.3 Å². The molecule has 0 bridgehead atoms. The average molecular weight is 289 g/mol. The largest absolute Gasteiger partial charge is 0.493 e. The van der Waals surface area contributed by atoms with E-state index in [0.29, 0.717) is 11.6 Å². The lowest BCUT2D eigenvalue weighted by Crippen LogP contribution is -2.15. The Morgan fingerprint density at radius 2 is 2.28 bits per heavy atom. The van der Waals surface area contributed by atoms with E-state index in [2.05, 4.69) is 4.74 Å². The van der Waals surface area contributed by atoms with Crippen molar-refractivity contribution in [2.45, 2.75) is 6.92 Å². The smallest absolute Gasteiger partial charge is 0.309 e. The van der Waals surface area contributed by atoms with Crippen molar-refractivity contribution in [1.29, 1.82) is 0 Å². The van der Waals surface area contributed by atoms with Gasteiger partial charge in [0.15, 0.2) is 0 Å². The van der Waals surface area contributed by atoms with Crippen LogP contribution in [0.1, 0.15) is 6.92 Å². The Morgan fingerprint density at radius 3 is 2.94 bits per heavy atom. The van der Waals surface area contributed by atoms with Gasteiger partial charge in [-0.25, -0.2) is 0 Å². The highest BCUT2D eigenvalue weighted by atomic mass is 35.5. The highest BCUT2D eigenvalue weighted by Crippen LogP contribution is 2.17. The Balaban J connectivity index is 2.14. The zero-order valence-corrected chi connectivity index (χ0v) is 12.1. The number of rotatable bonds is 7. The second-order valence-electron chi connectivity index (χ2n) is 3.80. The molecule has 0 heterocycles. The summed E-state index contributed by atoms with van der Waals surface area (Å²) in [6.07, 6.45) is 0. The molecule has 0 spiro atoms. The number of ether oxygens (including phenoxy) is 2. The highest BCUT2D eigenvalue weighted by molar-refractivity contribution is 7.99.